The molecule has 0 aliphatic heterocycles. The van der Waals surface area contributed by atoms with E-state index in [1.165, 1.54) is 12.1 Å². The van der Waals surface area contributed by atoms with E-state index in [0.29, 0.717) is 6.42 Å². The Bertz CT molecular complexity index is 488. The molecule has 5 heteroatoms. The second kappa shape index (κ2) is 6.31. The maximum absolute atomic E-state index is 13.5. The van der Waals surface area contributed by atoms with Crippen molar-refractivity contribution in [1.82, 2.24) is 5.32 Å². The van der Waals surface area contributed by atoms with Gasteiger partial charge in [-0.05, 0) is 25.0 Å². The molecule has 1 aromatic carbocycles. The first-order chi connectivity index (χ1) is 8.86. The van der Waals surface area contributed by atoms with Crippen LogP contribution in [0, 0.1) is 18.7 Å². The number of hydrogen-bond donors (Lipinski definition) is 2. The van der Waals surface area contributed by atoms with Gasteiger partial charge >= 0.3 is 5.97 Å². The Balaban J connectivity index is 2.94. The fourth-order valence-electron chi connectivity index (χ4n) is 1.72. The van der Waals surface area contributed by atoms with Gasteiger partial charge in [0.15, 0.2) is 0 Å². The predicted octanol–water partition coefficient (Wildman–Crippen LogP) is 2.36. The number of aryl methyl sites for hydroxylation is 1. The number of benzene rings is 1. The van der Waals surface area contributed by atoms with Gasteiger partial charge in [-0.2, -0.15) is 0 Å². The number of carbonyl (C=O) groups is 2. The zero-order valence-corrected chi connectivity index (χ0v) is 11.2. The SMILES string of the molecule is CCC(C)[C@H](NC(=O)c1cc(C)ccc1F)C(=O)O. The van der Waals surface area contributed by atoms with E-state index >= 15 is 0 Å². The highest BCUT2D eigenvalue weighted by Gasteiger charge is 2.26. The fraction of sp³-hybridized carbons (Fsp3) is 0.429. The van der Waals surface area contributed by atoms with Crippen molar-refractivity contribution in [3.05, 3.63) is 35.1 Å². The topological polar surface area (TPSA) is 66.4 Å². The van der Waals surface area contributed by atoms with Crippen LogP contribution in [-0.2, 0) is 4.79 Å². The third kappa shape index (κ3) is 3.77. The highest BCUT2D eigenvalue weighted by atomic mass is 19.1. The zero-order valence-electron chi connectivity index (χ0n) is 11.2. The highest BCUT2D eigenvalue weighted by Crippen LogP contribution is 2.13. The van der Waals surface area contributed by atoms with Crippen LogP contribution in [0.1, 0.15) is 36.2 Å². The lowest BCUT2D eigenvalue weighted by Crippen LogP contribution is -2.45. The number of hydrogen-bond acceptors (Lipinski definition) is 2. The molecule has 1 aromatic rings. The molecule has 1 amide bonds. The van der Waals surface area contributed by atoms with Crippen LogP contribution in [-0.4, -0.2) is 23.0 Å². The Morgan fingerprint density at radius 2 is 2.05 bits per heavy atom. The molecule has 0 fully saturated rings. The lowest BCUT2D eigenvalue weighted by molar-refractivity contribution is -0.140. The van der Waals surface area contributed by atoms with Gasteiger partial charge in [0.25, 0.3) is 5.91 Å². The summed E-state index contributed by atoms with van der Waals surface area (Å²) >= 11 is 0. The number of nitrogens with one attached hydrogen (secondary N) is 1. The monoisotopic (exact) mass is 267 g/mol. The summed E-state index contributed by atoms with van der Waals surface area (Å²) in [6, 6.07) is 3.14. The summed E-state index contributed by atoms with van der Waals surface area (Å²) in [4.78, 5) is 23.0. The number of aliphatic carboxylic acids is 1. The Labute approximate surface area is 111 Å². The lowest BCUT2D eigenvalue weighted by atomic mass is 9.98. The van der Waals surface area contributed by atoms with Crippen molar-refractivity contribution < 1.29 is 19.1 Å². The highest BCUT2D eigenvalue weighted by molar-refractivity contribution is 5.97. The van der Waals surface area contributed by atoms with E-state index < -0.39 is 23.7 Å². The van der Waals surface area contributed by atoms with E-state index in [0.717, 1.165) is 5.56 Å². The van der Waals surface area contributed by atoms with Crippen LogP contribution in [0.4, 0.5) is 4.39 Å². The molecule has 1 rings (SSSR count). The third-order valence-corrected chi connectivity index (χ3v) is 3.13. The fourth-order valence-corrected chi connectivity index (χ4v) is 1.72. The Kier molecular flexibility index (Phi) is 5.03. The second-order valence-electron chi connectivity index (χ2n) is 4.66. The Morgan fingerprint density at radius 3 is 2.58 bits per heavy atom. The normalized spacial score (nSPS) is 13.7. The number of carbonyl (C=O) groups excluding carboxylic acids is 1. The minimum absolute atomic E-state index is 0.130. The zero-order chi connectivity index (χ0) is 14.6. The van der Waals surface area contributed by atoms with E-state index in [4.69, 9.17) is 5.11 Å². The molecule has 0 heterocycles. The summed E-state index contributed by atoms with van der Waals surface area (Å²) in [5.74, 6) is -2.70. The summed E-state index contributed by atoms with van der Waals surface area (Å²) in [7, 11) is 0. The van der Waals surface area contributed by atoms with Gasteiger partial charge in [0, 0.05) is 0 Å². The molecule has 0 aliphatic rings. The molecular weight excluding hydrogens is 249 g/mol. The molecule has 0 bridgehead atoms. The van der Waals surface area contributed by atoms with E-state index in [-0.39, 0.29) is 11.5 Å². The van der Waals surface area contributed by atoms with Crippen molar-refractivity contribution in [2.45, 2.75) is 33.2 Å². The average Bonchev–Trinajstić information content (AvgIpc) is 2.37. The van der Waals surface area contributed by atoms with Gasteiger partial charge in [-0.3, -0.25) is 4.79 Å². The molecule has 19 heavy (non-hydrogen) atoms. The van der Waals surface area contributed by atoms with Crippen LogP contribution in [0.3, 0.4) is 0 Å². The van der Waals surface area contributed by atoms with E-state index in [9.17, 15) is 14.0 Å². The second-order valence-corrected chi connectivity index (χ2v) is 4.66. The summed E-state index contributed by atoms with van der Waals surface area (Å²) in [5, 5.41) is 11.5. The Morgan fingerprint density at radius 1 is 1.42 bits per heavy atom. The molecule has 2 atom stereocenters. The largest absolute Gasteiger partial charge is 0.480 e. The number of carboxylic acid groups (broad SMARTS) is 1. The van der Waals surface area contributed by atoms with Crippen LogP contribution in [0.15, 0.2) is 18.2 Å². The first-order valence-electron chi connectivity index (χ1n) is 6.16. The molecule has 0 aromatic heterocycles. The third-order valence-electron chi connectivity index (χ3n) is 3.13. The number of rotatable bonds is 5. The smallest absolute Gasteiger partial charge is 0.326 e. The van der Waals surface area contributed by atoms with Gasteiger partial charge in [0.05, 0.1) is 5.56 Å². The number of carboxylic acids is 1. The van der Waals surface area contributed by atoms with Crippen molar-refractivity contribution >= 4 is 11.9 Å². The molecule has 0 spiro atoms. The van der Waals surface area contributed by atoms with Crippen molar-refractivity contribution in [2.24, 2.45) is 5.92 Å². The Hall–Kier alpha value is -1.91. The molecular formula is C14H18FNO3. The van der Waals surface area contributed by atoms with Crippen molar-refractivity contribution in [3.63, 3.8) is 0 Å². The number of amides is 1. The van der Waals surface area contributed by atoms with E-state index in [1.54, 1.807) is 19.9 Å². The average molecular weight is 267 g/mol. The first kappa shape index (κ1) is 15.1. The molecule has 104 valence electrons. The van der Waals surface area contributed by atoms with Gasteiger partial charge in [0.1, 0.15) is 11.9 Å². The van der Waals surface area contributed by atoms with Crippen molar-refractivity contribution in [3.8, 4) is 0 Å². The van der Waals surface area contributed by atoms with Gasteiger partial charge in [-0.25, -0.2) is 9.18 Å². The molecule has 0 radical (unpaired) electrons. The van der Waals surface area contributed by atoms with Crippen LogP contribution in [0.25, 0.3) is 0 Å². The minimum Gasteiger partial charge on any atom is -0.480 e. The maximum atomic E-state index is 13.5. The van der Waals surface area contributed by atoms with Crippen molar-refractivity contribution in [2.75, 3.05) is 0 Å². The maximum Gasteiger partial charge on any atom is 0.326 e. The van der Waals surface area contributed by atoms with Gasteiger partial charge in [-0.1, -0.05) is 31.9 Å². The van der Waals surface area contributed by atoms with Gasteiger partial charge in [-0.15, -0.1) is 0 Å². The van der Waals surface area contributed by atoms with E-state index in [1.807, 2.05) is 6.92 Å². The quantitative estimate of drug-likeness (QED) is 0.860. The van der Waals surface area contributed by atoms with Crippen LogP contribution in [0.2, 0.25) is 0 Å². The lowest BCUT2D eigenvalue weighted by Gasteiger charge is -2.20. The van der Waals surface area contributed by atoms with Gasteiger partial charge in [0.2, 0.25) is 0 Å². The molecule has 4 nitrogen and oxygen atoms in total. The summed E-state index contributed by atoms with van der Waals surface area (Å²) in [6.45, 7) is 5.30. The number of halogens is 1. The summed E-state index contributed by atoms with van der Waals surface area (Å²) in [6.07, 6.45) is 0.605. The van der Waals surface area contributed by atoms with Crippen molar-refractivity contribution in [1.29, 1.82) is 0 Å². The molecule has 1 unspecified atom stereocenters. The molecule has 0 aliphatic carbocycles. The predicted molar refractivity (Wildman–Crippen MR) is 69.5 cm³/mol. The first-order valence-corrected chi connectivity index (χ1v) is 6.16. The van der Waals surface area contributed by atoms with Gasteiger partial charge < -0.3 is 10.4 Å². The minimum atomic E-state index is -1.12. The van der Waals surface area contributed by atoms with Crippen LogP contribution < -0.4 is 5.32 Å². The molecule has 0 saturated carbocycles. The molecule has 2 N–H and O–H groups in total. The van der Waals surface area contributed by atoms with Crippen LogP contribution >= 0.6 is 0 Å². The van der Waals surface area contributed by atoms with Crippen LogP contribution in [0.5, 0.6) is 0 Å². The summed E-state index contributed by atoms with van der Waals surface area (Å²) in [5.41, 5.74) is 0.608. The standard InChI is InChI=1S/C14H18FNO3/c1-4-9(3)12(14(18)19)16-13(17)10-7-8(2)5-6-11(10)15/h5-7,9,12H,4H2,1-3H3,(H,16,17)(H,18,19)/t9?,12-/m0/s1. The molecule has 0 saturated heterocycles. The summed E-state index contributed by atoms with van der Waals surface area (Å²) < 4.78 is 13.5. The van der Waals surface area contributed by atoms with E-state index in [2.05, 4.69) is 5.32 Å².